The number of nitrogens with one attached hydrogen (secondary N) is 2. The minimum atomic E-state index is -1.33. The topological polar surface area (TPSA) is 87.7 Å². The van der Waals surface area contributed by atoms with Crippen molar-refractivity contribution in [3.05, 3.63) is 28.7 Å². The van der Waals surface area contributed by atoms with Crippen molar-refractivity contribution in [1.82, 2.24) is 5.32 Å². The fourth-order valence-electron chi connectivity index (χ4n) is 3.58. The predicted molar refractivity (Wildman–Crippen MR) is 109 cm³/mol. The van der Waals surface area contributed by atoms with E-state index in [1.807, 2.05) is 24.3 Å². The van der Waals surface area contributed by atoms with Gasteiger partial charge in [-0.25, -0.2) is 9.59 Å². The molecule has 1 aromatic carbocycles. The molecule has 0 unspecified atom stereocenters. The third kappa shape index (κ3) is 6.13. The molecule has 0 saturated heterocycles. The Bertz CT molecular complexity index is 651. The number of aliphatic carboxylic acids is 1. The zero-order valence-corrected chi connectivity index (χ0v) is 17.8. The standard InChI is InChI=1S/C20H29BrN2O4/c1-19(2,3)27-18(26)23-20(17(24)25,14-6-4-5-7-14)12-13-22-16-10-8-15(21)9-11-16/h8-11,14,22H,4-7,12-13H2,1-3H3,(H,23,26)(H,24,25)/t20-/m0/s1. The predicted octanol–water partition coefficient (Wildman–Crippen LogP) is 4.79. The Hall–Kier alpha value is -1.76. The maximum atomic E-state index is 12.4. The Labute approximate surface area is 169 Å². The molecule has 0 radical (unpaired) electrons. The van der Waals surface area contributed by atoms with Crippen molar-refractivity contribution in [2.75, 3.05) is 11.9 Å². The van der Waals surface area contributed by atoms with Gasteiger partial charge in [0.1, 0.15) is 11.1 Å². The first-order valence-corrected chi connectivity index (χ1v) is 10.2. The molecular formula is C20H29BrN2O4. The normalized spacial score (nSPS) is 17.2. The highest BCUT2D eigenvalue weighted by Crippen LogP contribution is 2.37. The number of carbonyl (C=O) groups is 2. The van der Waals surface area contributed by atoms with E-state index in [-0.39, 0.29) is 12.3 Å². The van der Waals surface area contributed by atoms with Crippen LogP contribution in [0.1, 0.15) is 52.9 Å². The average Bonchev–Trinajstić information content (AvgIpc) is 3.08. The van der Waals surface area contributed by atoms with Crippen LogP contribution in [0.3, 0.4) is 0 Å². The maximum absolute atomic E-state index is 12.4. The van der Waals surface area contributed by atoms with Gasteiger partial charge < -0.3 is 20.5 Å². The quantitative estimate of drug-likeness (QED) is 0.567. The molecule has 0 spiro atoms. The Morgan fingerprint density at radius 3 is 2.30 bits per heavy atom. The van der Waals surface area contributed by atoms with Crippen molar-refractivity contribution in [3.63, 3.8) is 0 Å². The largest absolute Gasteiger partial charge is 0.479 e. The number of benzene rings is 1. The average molecular weight is 441 g/mol. The van der Waals surface area contributed by atoms with Crippen molar-refractivity contribution in [1.29, 1.82) is 0 Å². The van der Waals surface area contributed by atoms with Crippen LogP contribution in [0.25, 0.3) is 0 Å². The van der Waals surface area contributed by atoms with Crippen LogP contribution in [0.4, 0.5) is 10.5 Å². The van der Waals surface area contributed by atoms with Gasteiger partial charge in [-0.2, -0.15) is 0 Å². The maximum Gasteiger partial charge on any atom is 0.408 e. The van der Waals surface area contributed by atoms with Crippen molar-refractivity contribution in [3.8, 4) is 0 Å². The second-order valence-electron chi connectivity index (χ2n) is 8.07. The van der Waals surface area contributed by atoms with E-state index in [9.17, 15) is 14.7 Å². The Kier molecular flexibility index (Phi) is 7.14. The molecule has 6 nitrogen and oxygen atoms in total. The van der Waals surface area contributed by atoms with Gasteiger partial charge in [0, 0.05) is 16.7 Å². The van der Waals surface area contributed by atoms with E-state index in [0.29, 0.717) is 6.54 Å². The molecule has 1 atom stereocenters. The summed E-state index contributed by atoms with van der Waals surface area (Å²) in [6.07, 6.45) is 3.15. The molecule has 150 valence electrons. The summed E-state index contributed by atoms with van der Waals surface area (Å²) < 4.78 is 6.32. The lowest BCUT2D eigenvalue weighted by atomic mass is 9.79. The van der Waals surface area contributed by atoms with Crippen LogP contribution < -0.4 is 10.6 Å². The number of alkyl carbamates (subject to hydrolysis) is 1. The number of anilines is 1. The highest BCUT2D eigenvalue weighted by atomic mass is 79.9. The highest BCUT2D eigenvalue weighted by Gasteiger charge is 2.48. The van der Waals surface area contributed by atoms with E-state index in [1.54, 1.807) is 20.8 Å². The SMILES string of the molecule is CC(C)(C)OC(=O)N[C@](CCNc1ccc(Br)cc1)(C(=O)O)C1CCCC1. The lowest BCUT2D eigenvalue weighted by molar-refractivity contribution is -0.147. The second-order valence-corrected chi connectivity index (χ2v) is 8.98. The molecule has 7 heteroatoms. The molecule has 3 N–H and O–H groups in total. The zero-order valence-electron chi connectivity index (χ0n) is 16.2. The van der Waals surface area contributed by atoms with Crippen LogP contribution in [0.5, 0.6) is 0 Å². The molecule has 1 aliphatic rings. The highest BCUT2D eigenvalue weighted by molar-refractivity contribution is 9.10. The van der Waals surface area contributed by atoms with E-state index >= 15 is 0 Å². The first-order valence-electron chi connectivity index (χ1n) is 9.36. The van der Waals surface area contributed by atoms with Crippen LogP contribution in [-0.2, 0) is 9.53 Å². The van der Waals surface area contributed by atoms with E-state index in [2.05, 4.69) is 26.6 Å². The molecule has 0 aromatic heterocycles. The Balaban J connectivity index is 2.13. The molecule has 0 aliphatic heterocycles. The lowest BCUT2D eigenvalue weighted by Crippen LogP contribution is -2.60. The van der Waals surface area contributed by atoms with Crippen LogP contribution in [0.15, 0.2) is 28.7 Å². The van der Waals surface area contributed by atoms with Crippen molar-refractivity contribution in [2.24, 2.45) is 5.92 Å². The summed E-state index contributed by atoms with van der Waals surface area (Å²) >= 11 is 3.39. The third-order valence-corrected chi connectivity index (χ3v) is 5.38. The molecule has 1 aliphatic carbocycles. The first-order chi connectivity index (χ1) is 12.6. The summed E-state index contributed by atoms with van der Waals surface area (Å²) in [7, 11) is 0. The number of rotatable bonds is 7. The lowest BCUT2D eigenvalue weighted by Gasteiger charge is -2.36. The summed E-state index contributed by atoms with van der Waals surface area (Å²) in [5, 5.41) is 16.0. The van der Waals surface area contributed by atoms with Gasteiger partial charge in [-0.1, -0.05) is 28.8 Å². The Morgan fingerprint density at radius 2 is 1.78 bits per heavy atom. The molecule has 27 heavy (non-hydrogen) atoms. The number of hydrogen-bond donors (Lipinski definition) is 3. The summed E-state index contributed by atoms with van der Waals surface area (Å²) in [6.45, 7) is 5.72. The molecule has 1 amide bonds. The number of carbonyl (C=O) groups excluding carboxylic acids is 1. The van der Waals surface area contributed by atoms with Gasteiger partial charge in [-0.3, -0.25) is 0 Å². The molecule has 2 rings (SSSR count). The van der Waals surface area contributed by atoms with E-state index in [0.717, 1.165) is 35.8 Å². The van der Waals surface area contributed by atoms with Crippen molar-refractivity contribution < 1.29 is 19.4 Å². The molecule has 1 aromatic rings. The monoisotopic (exact) mass is 440 g/mol. The van der Waals surface area contributed by atoms with Gasteiger partial charge in [-0.05, 0) is 70.2 Å². The molecule has 1 saturated carbocycles. The van der Waals surface area contributed by atoms with Crippen LogP contribution in [-0.4, -0.2) is 34.9 Å². The summed E-state index contributed by atoms with van der Waals surface area (Å²) in [4.78, 5) is 24.7. The van der Waals surface area contributed by atoms with Gasteiger partial charge in [0.2, 0.25) is 0 Å². The molecular weight excluding hydrogens is 412 g/mol. The molecule has 1 fully saturated rings. The fraction of sp³-hybridized carbons (Fsp3) is 0.600. The molecule has 0 bridgehead atoms. The smallest absolute Gasteiger partial charge is 0.408 e. The van der Waals surface area contributed by atoms with Gasteiger partial charge in [0.15, 0.2) is 0 Å². The fourth-order valence-corrected chi connectivity index (χ4v) is 3.84. The van der Waals surface area contributed by atoms with Gasteiger partial charge >= 0.3 is 12.1 Å². The van der Waals surface area contributed by atoms with E-state index in [1.165, 1.54) is 0 Å². The number of halogens is 1. The molecule has 0 heterocycles. The van der Waals surface area contributed by atoms with Crippen molar-refractivity contribution >= 4 is 33.7 Å². The summed E-state index contributed by atoms with van der Waals surface area (Å²) in [6, 6.07) is 7.68. The first kappa shape index (κ1) is 21.5. The summed E-state index contributed by atoms with van der Waals surface area (Å²) in [5.41, 5.74) is -1.11. The number of carboxylic acid groups (broad SMARTS) is 1. The zero-order chi connectivity index (χ0) is 20.1. The minimum Gasteiger partial charge on any atom is -0.479 e. The number of carboxylic acids is 1. The second kappa shape index (κ2) is 8.95. The van der Waals surface area contributed by atoms with Crippen molar-refractivity contribution in [2.45, 2.75) is 64.0 Å². The number of hydrogen-bond acceptors (Lipinski definition) is 4. The van der Waals surface area contributed by atoms with Gasteiger partial charge in [0.05, 0.1) is 0 Å². The van der Waals surface area contributed by atoms with E-state index < -0.39 is 23.2 Å². The van der Waals surface area contributed by atoms with E-state index in [4.69, 9.17) is 4.74 Å². The van der Waals surface area contributed by atoms with Crippen LogP contribution in [0.2, 0.25) is 0 Å². The third-order valence-electron chi connectivity index (χ3n) is 4.85. The van der Waals surface area contributed by atoms with Gasteiger partial charge in [0.25, 0.3) is 0 Å². The number of ether oxygens (including phenoxy) is 1. The minimum absolute atomic E-state index is 0.103. The Morgan fingerprint density at radius 1 is 1.19 bits per heavy atom. The van der Waals surface area contributed by atoms with Crippen LogP contribution >= 0.6 is 15.9 Å². The van der Waals surface area contributed by atoms with Gasteiger partial charge in [-0.15, -0.1) is 0 Å². The summed E-state index contributed by atoms with van der Waals surface area (Å²) in [5.74, 6) is -1.10. The van der Waals surface area contributed by atoms with Crippen LogP contribution in [0, 0.1) is 5.92 Å². The number of amides is 1.